The Morgan fingerprint density at radius 1 is 1.06 bits per heavy atom. The first kappa shape index (κ1) is 20.3. The van der Waals surface area contributed by atoms with E-state index in [1.807, 2.05) is 0 Å². The molecular weight excluding hydrogens is 418 g/mol. The molecule has 0 bridgehead atoms. The van der Waals surface area contributed by atoms with Crippen molar-refractivity contribution in [3.8, 4) is 34.8 Å². The van der Waals surface area contributed by atoms with Crippen molar-refractivity contribution in [1.82, 2.24) is 19.5 Å². The largest absolute Gasteiger partial charge is 0.497 e. The van der Waals surface area contributed by atoms with Gasteiger partial charge in [0.05, 0.1) is 25.8 Å². The number of hydrogen-bond donors (Lipinski definition) is 0. The number of nitriles is 1. The fourth-order valence-electron chi connectivity index (χ4n) is 2.98. The van der Waals surface area contributed by atoms with Gasteiger partial charge in [0.1, 0.15) is 22.7 Å². The Morgan fingerprint density at radius 3 is 2.45 bits per heavy atom. The Bertz CT molecular complexity index is 1330. The summed E-state index contributed by atoms with van der Waals surface area (Å²) >= 11 is 5.95. The van der Waals surface area contributed by atoms with Crippen LogP contribution in [-0.4, -0.2) is 26.6 Å². The van der Waals surface area contributed by atoms with Crippen molar-refractivity contribution in [3.63, 3.8) is 0 Å². The van der Waals surface area contributed by atoms with Crippen LogP contribution in [0.5, 0.6) is 17.5 Å². The summed E-state index contributed by atoms with van der Waals surface area (Å²) in [6, 6.07) is 15.9. The lowest BCUT2D eigenvalue weighted by atomic mass is 10.1. The quantitative estimate of drug-likeness (QED) is 0.448. The van der Waals surface area contributed by atoms with Gasteiger partial charge in [0.25, 0.3) is 5.56 Å². The number of ether oxygens (including phenoxy) is 2. The van der Waals surface area contributed by atoms with E-state index in [4.69, 9.17) is 26.3 Å². The number of fused-ring (bicyclic) bond motifs is 1. The van der Waals surface area contributed by atoms with Crippen LogP contribution in [0, 0.1) is 11.3 Å². The third-order valence-corrected chi connectivity index (χ3v) is 4.75. The lowest BCUT2D eigenvalue weighted by Crippen LogP contribution is -2.24. The van der Waals surface area contributed by atoms with E-state index in [0.717, 1.165) is 0 Å². The van der Waals surface area contributed by atoms with Crippen molar-refractivity contribution in [1.29, 1.82) is 5.26 Å². The lowest BCUT2D eigenvalue weighted by molar-refractivity contribution is 0.410. The monoisotopic (exact) mass is 433 g/mol. The Hall–Kier alpha value is -3.96. The minimum absolute atomic E-state index is 0.0591. The molecule has 0 spiro atoms. The Kier molecular flexibility index (Phi) is 5.78. The zero-order valence-corrected chi connectivity index (χ0v) is 17.2. The van der Waals surface area contributed by atoms with Gasteiger partial charge in [-0.3, -0.25) is 9.36 Å². The molecule has 0 aliphatic rings. The number of nitrogens with zero attached hydrogens (tertiary/aromatic N) is 5. The first-order valence-corrected chi connectivity index (χ1v) is 9.69. The van der Waals surface area contributed by atoms with E-state index in [-0.39, 0.29) is 35.9 Å². The number of hydrogen-bond acceptors (Lipinski definition) is 7. The van der Waals surface area contributed by atoms with Gasteiger partial charge in [0.2, 0.25) is 0 Å². The first-order chi connectivity index (χ1) is 15.1. The average molecular weight is 434 g/mol. The molecule has 2 aromatic carbocycles. The fourth-order valence-corrected chi connectivity index (χ4v) is 3.11. The third-order valence-electron chi connectivity index (χ3n) is 4.50. The predicted octanol–water partition coefficient (Wildman–Crippen LogP) is 4.22. The van der Waals surface area contributed by atoms with Crippen LogP contribution in [-0.2, 0) is 6.54 Å². The summed E-state index contributed by atoms with van der Waals surface area (Å²) in [6.45, 7) is 0.161. The molecule has 0 unspecified atom stereocenters. The van der Waals surface area contributed by atoms with E-state index in [9.17, 15) is 4.79 Å². The van der Waals surface area contributed by atoms with Crippen LogP contribution in [0.15, 0.2) is 59.5 Å². The highest BCUT2D eigenvalue weighted by Gasteiger charge is 2.16. The van der Waals surface area contributed by atoms with Crippen molar-refractivity contribution < 1.29 is 9.47 Å². The van der Waals surface area contributed by atoms with Crippen LogP contribution < -0.4 is 15.0 Å². The number of benzene rings is 2. The van der Waals surface area contributed by atoms with Crippen LogP contribution in [0.25, 0.3) is 22.4 Å². The van der Waals surface area contributed by atoms with E-state index < -0.39 is 0 Å². The highest BCUT2D eigenvalue weighted by atomic mass is 35.5. The van der Waals surface area contributed by atoms with Gasteiger partial charge in [0, 0.05) is 17.1 Å². The Labute approximate surface area is 182 Å². The van der Waals surface area contributed by atoms with Crippen molar-refractivity contribution in [2.24, 2.45) is 0 Å². The maximum atomic E-state index is 13.2. The highest BCUT2D eigenvalue weighted by molar-refractivity contribution is 6.30. The SMILES string of the molecule is COc1ccc(Oc2ncc3nc(-c4ccc(Cl)cc4)c(=O)n(CCC#N)c3n2)cc1. The summed E-state index contributed by atoms with van der Waals surface area (Å²) in [7, 11) is 1.58. The Morgan fingerprint density at radius 2 is 1.77 bits per heavy atom. The average Bonchev–Trinajstić information content (AvgIpc) is 2.79. The summed E-state index contributed by atoms with van der Waals surface area (Å²) in [6.07, 6.45) is 1.63. The molecule has 2 heterocycles. The second kappa shape index (κ2) is 8.81. The predicted molar refractivity (Wildman–Crippen MR) is 115 cm³/mol. The number of halogens is 1. The fraction of sp³-hybridized carbons (Fsp3) is 0.136. The van der Waals surface area contributed by atoms with Crippen LogP contribution in [0.1, 0.15) is 6.42 Å². The molecule has 8 nitrogen and oxygen atoms in total. The van der Waals surface area contributed by atoms with E-state index >= 15 is 0 Å². The van der Waals surface area contributed by atoms with Gasteiger partial charge in [-0.1, -0.05) is 23.7 Å². The zero-order valence-electron chi connectivity index (χ0n) is 16.4. The molecule has 0 N–H and O–H groups in total. The van der Waals surface area contributed by atoms with Gasteiger partial charge in [-0.15, -0.1) is 0 Å². The number of rotatable bonds is 6. The standard InChI is InChI=1S/C22H16ClN5O3/c1-30-16-7-9-17(10-8-16)31-22-25-13-18-20(27-22)28(12-2-11-24)21(29)19(26-18)14-3-5-15(23)6-4-14/h3-10,13H,2,12H2,1H3. The van der Waals surface area contributed by atoms with Gasteiger partial charge < -0.3 is 9.47 Å². The minimum Gasteiger partial charge on any atom is -0.497 e. The highest BCUT2D eigenvalue weighted by Crippen LogP contribution is 2.23. The minimum atomic E-state index is -0.362. The number of aromatic nitrogens is 4. The summed E-state index contributed by atoms with van der Waals surface area (Å²) < 4.78 is 12.3. The third kappa shape index (κ3) is 4.32. The molecule has 0 aliphatic heterocycles. The molecule has 0 radical (unpaired) electrons. The maximum Gasteiger partial charge on any atom is 0.324 e. The molecule has 154 valence electrons. The molecule has 0 fully saturated rings. The summed E-state index contributed by atoms with van der Waals surface area (Å²) in [5.41, 5.74) is 1.18. The molecule has 31 heavy (non-hydrogen) atoms. The summed E-state index contributed by atoms with van der Waals surface area (Å²) in [4.78, 5) is 26.2. The second-order valence-corrected chi connectivity index (χ2v) is 6.91. The summed E-state index contributed by atoms with van der Waals surface area (Å²) in [5.74, 6) is 1.20. The van der Waals surface area contributed by atoms with Gasteiger partial charge in [-0.25, -0.2) is 9.97 Å². The van der Waals surface area contributed by atoms with Crippen LogP contribution in [0.4, 0.5) is 0 Å². The lowest BCUT2D eigenvalue weighted by Gasteiger charge is -2.11. The summed E-state index contributed by atoms with van der Waals surface area (Å²) in [5, 5.41) is 9.59. The molecule has 0 aliphatic carbocycles. The molecule has 2 aromatic heterocycles. The Balaban J connectivity index is 1.79. The van der Waals surface area contributed by atoms with Gasteiger partial charge in [-0.2, -0.15) is 10.2 Å². The second-order valence-electron chi connectivity index (χ2n) is 6.47. The zero-order chi connectivity index (χ0) is 21.8. The number of aryl methyl sites for hydroxylation is 1. The van der Waals surface area contributed by atoms with Crippen LogP contribution in [0.2, 0.25) is 5.02 Å². The smallest absolute Gasteiger partial charge is 0.324 e. The van der Waals surface area contributed by atoms with Crippen molar-refractivity contribution in [2.45, 2.75) is 13.0 Å². The van der Waals surface area contributed by atoms with Crippen molar-refractivity contribution >= 4 is 22.8 Å². The van der Waals surface area contributed by atoms with Crippen molar-refractivity contribution in [3.05, 3.63) is 70.1 Å². The van der Waals surface area contributed by atoms with Gasteiger partial charge in [-0.05, 0) is 36.4 Å². The van der Waals surface area contributed by atoms with Gasteiger partial charge in [0.15, 0.2) is 5.65 Å². The molecule has 0 amide bonds. The van der Waals surface area contributed by atoms with E-state index in [1.165, 1.54) is 10.8 Å². The van der Waals surface area contributed by atoms with Gasteiger partial charge >= 0.3 is 6.01 Å². The normalized spacial score (nSPS) is 10.6. The molecular formula is C22H16ClN5O3. The molecule has 0 saturated heterocycles. The molecule has 4 rings (SSSR count). The van der Waals surface area contributed by atoms with Crippen molar-refractivity contribution in [2.75, 3.05) is 7.11 Å². The van der Waals surface area contributed by atoms with E-state index in [1.54, 1.807) is 55.6 Å². The van der Waals surface area contributed by atoms with Crippen LogP contribution in [0.3, 0.4) is 0 Å². The molecule has 0 atom stereocenters. The maximum absolute atomic E-state index is 13.2. The van der Waals surface area contributed by atoms with Crippen LogP contribution >= 0.6 is 11.6 Å². The first-order valence-electron chi connectivity index (χ1n) is 9.31. The topological polar surface area (TPSA) is 103 Å². The molecule has 9 heteroatoms. The van der Waals surface area contributed by atoms with E-state index in [0.29, 0.717) is 27.6 Å². The van der Waals surface area contributed by atoms with E-state index in [2.05, 4.69) is 21.0 Å². The molecule has 0 saturated carbocycles. The number of methoxy groups -OCH3 is 1. The molecule has 4 aromatic rings.